The second-order valence-electron chi connectivity index (χ2n) is 26.0. The standard InChI is InChI=1S/C41H50N6O9.C33H42N4O9/c1-5-19-55-41(52)47-33-24-35(26(2)22-31(33)39(51)46-18-8-6-11-32(46)40(47)56-37-13-7-9-20-54-37)53-21-10-12-36(49)43-30-23-34(45(4)25-30)38(50)44-29-16-14-28(15-17-29)42-27(3)48;1-4-14-45-33(42)37-25-19-27(43-16-9-11-28(38)34-22-18-26(32(40)41)35(3)20-22)21(2)17-23(25)30(39)36-13-7-5-10-24(36)31(37)46-29-12-6-8-15-44-29/h5,14-17,22-25,32,37,40H,1,6-13,18-21H2,2-4H3,(H,42,48)(H,43,49)(H,44,50);4,17-20,24,29,31H,1,5-16H2,2-3H3,(H,34,38)(H,40,41)/t32-,37?,40?;24-,29?,31?/m00/s1. The number of nitrogens with one attached hydrogen (secondary N) is 4. The number of hydrogen-bond donors (Lipinski definition) is 5. The van der Waals surface area contributed by atoms with Gasteiger partial charge in [-0.15, -0.1) is 0 Å². The maximum Gasteiger partial charge on any atom is 0.416 e. The highest BCUT2D eigenvalue weighted by Crippen LogP contribution is 2.43. The first-order valence-corrected chi connectivity index (χ1v) is 34.9. The van der Waals surface area contributed by atoms with Gasteiger partial charge in [0.15, 0.2) is 25.0 Å². The highest BCUT2D eigenvalue weighted by molar-refractivity contribution is 6.08. The van der Waals surface area contributed by atoms with Crippen LogP contribution in [0.3, 0.4) is 0 Å². The van der Waals surface area contributed by atoms with Gasteiger partial charge in [0.05, 0.1) is 59.2 Å². The van der Waals surface area contributed by atoms with Crippen molar-refractivity contribution in [2.24, 2.45) is 14.1 Å². The van der Waals surface area contributed by atoms with E-state index in [1.54, 1.807) is 84.4 Å². The third-order valence-corrected chi connectivity index (χ3v) is 18.4. The Hall–Kier alpha value is -10.0. The molecule has 28 heteroatoms. The average molecular weight is 1410 g/mol. The SMILES string of the molecule is C=CCOC(=O)N1c2cc(OCCCC(=O)Nc3cc(C(=O)Nc4ccc(NC(C)=O)cc4)n(C)c3)c(C)cc2C(=O)N2CCCC[C@H]2C1OC1CCCCO1.C=CCOC(=O)N1c2cc(OCCCC(=O)Nc3cc(C(=O)O)n(C)c3)c(C)cc2C(=O)N2CCCC[C@H]2C1OC1CCCCO1. The fourth-order valence-corrected chi connectivity index (χ4v) is 13.4. The molecule has 6 aliphatic rings. The Morgan fingerprint density at radius 3 is 1.40 bits per heavy atom. The van der Waals surface area contributed by atoms with Crippen molar-refractivity contribution in [1.82, 2.24) is 18.9 Å². The number of aryl methyl sites for hydroxylation is 4. The van der Waals surface area contributed by atoms with Crippen LogP contribution in [0, 0.1) is 13.8 Å². The fourth-order valence-electron chi connectivity index (χ4n) is 13.4. The molecular formula is C74H92N10O18. The summed E-state index contributed by atoms with van der Waals surface area (Å²) < 4.78 is 51.4. The predicted molar refractivity (Wildman–Crippen MR) is 378 cm³/mol. The number of fused-ring (bicyclic) bond motifs is 4. The van der Waals surface area contributed by atoms with E-state index in [9.17, 15) is 48.3 Å². The number of carbonyl (C=O) groups is 9. The van der Waals surface area contributed by atoms with Crippen LogP contribution in [-0.2, 0) is 56.9 Å². The molecule has 8 heterocycles. The van der Waals surface area contributed by atoms with Crippen molar-refractivity contribution in [3.63, 3.8) is 0 Å². The number of carbonyl (C=O) groups excluding carboxylic acids is 8. The predicted octanol–water partition coefficient (Wildman–Crippen LogP) is 11.2. The monoisotopic (exact) mass is 1410 g/mol. The first-order valence-electron chi connectivity index (χ1n) is 34.9. The Bertz CT molecular complexity index is 3890. The summed E-state index contributed by atoms with van der Waals surface area (Å²) in [5, 5.41) is 20.3. The Labute approximate surface area is 592 Å². The van der Waals surface area contributed by atoms with Crippen LogP contribution in [0.1, 0.15) is 162 Å². The smallest absolute Gasteiger partial charge is 0.416 e. The molecule has 0 bridgehead atoms. The quantitative estimate of drug-likeness (QED) is 0.0283. The maximum absolute atomic E-state index is 14.1. The third kappa shape index (κ3) is 18.5. The second kappa shape index (κ2) is 35.0. The molecule has 0 radical (unpaired) electrons. The lowest BCUT2D eigenvalue weighted by atomic mass is 10.00. The van der Waals surface area contributed by atoms with E-state index in [1.165, 1.54) is 45.7 Å². The summed E-state index contributed by atoms with van der Waals surface area (Å²) >= 11 is 0. The lowest BCUT2D eigenvalue weighted by Crippen LogP contribution is -2.57. The van der Waals surface area contributed by atoms with Crippen LogP contribution in [0.2, 0.25) is 0 Å². The Balaban J connectivity index is 0.000000224. The Kier molecular flexibility index (Phi) is 25.6. The van der Waals surface area contributed by atoms with Gasteiger partial charge >= 0.3 is 18.2 Å². The molecule has 28 nitrogen and oxygen atoms in total. The molecule has 11 rings (SSSR count). The van der Waals surface area contributed by atoms with Gasteiger partial charge in [0.1, 0.15) is 36.1 Å². The van der Waals surface area contributed by atoms with Crippen LogP contribution in [0.25, 0.3) is 0 Å². The van der Waals surface area contributed by atoms with E-state index in [-0.39, 0.29) is 80.4 Å². The van der Waals surface area contributed by atoms with Crippen molar-refractivity contribution < 1.29 is 86.2 Å². The number of rotatable bonds is 24. The van der Waals surface area contributed by atoms with Crippen molar-refractivity contribution in [2.75, 3.05) is 83.8 Å². The van der Waals surface area contributed by atoms with Gasteiger partial charge in [-0.3, -0.25) is 28.8 Å². The largest absolute Gasteiger partial charge is 0.493 e. The number of piperidine rings is 2. The summed E-state index contributed by atoms with van der Waals surface area (Å²) in [6.07, 6.45) is 12.9. The highest BCUT2D eigenvalue weighted by atomic mass is 16.7. The number of anilines is 6. The summed E-state index contributed by atoms with van der Waals surface area (Å²) in [7, 11) is 3.30. The number of aromatic carboxylic acids is 1. The lowest BCUT2D eigenvalue weighted by Gasteiger charge is -2.42. The number of carboxylic acids is 1. The number of hydrogen-bond acceptors (Lipinski definition) is 17. The zero-order valence-electron chi connectivity index (χ0n) is 58.5. The van der Waals surface area contributed by atoms with Crippen LogP contribution in [-0.4, -0.2) is 167 Å². The number of ether oxygens (including phenoxy) is 8. The zero-order valence-corrected chi connectivity index (χ0v) is 58.5. The van der Waals surface area contributed by atoms with Crippen molar-refractivity contribution in [3.8, 4) is 11.5 Å². The van der Waals surface area contributed by atoms with Crippen LogP contribution in [0.15, 0.2) is 98.4 Å². The second-order valence-corrected chi connectivity index (χ2v) is 26.0. The normalized spacial score (nSPS) is 20.0. The van der Waals surface area contributed by atoms with Crippen molar-refractivity contribution in [3.05, 3.63) is 132 Å². The first kappa shape index (κ1) is 74.7. The minimum absolute atomic E-state index is 0.0163. The van der Waals surface area contributed by atoms with Gasteiger partial charge in [0.25, 0.3) is 17.7 Å². The zero-order chi connectivity index (χ0) is 72.6. The Morgan fingerprint density at radius 2 is 0.990 bits per heavy atom. The number of nitrogens with zero attached hydrogens (tertiary/aromatic N) is 6. The van der Waals surface area contributed by atoms with E-state index in [1.807, 2.05) is 18.7 Å². The van der Waals surface area contributed by atoms with Crippen molar-refractivity contribution >= 4 is 87.7 Å². The molecule has 3 aromatic carbocycles. The molecule has 4 saturated heterocycles. The van der Waals surface area contributed by atoms with Crippen molar-refractivity contribution in [2.45, 2.75) is 161 Å². The van der Waals surface area contributed by atoms with Crippen LogP contribution in [0.5, 0.6) is 11.5 Å². The molecule has 5 N–H and O–H groups in total. The van der Waals surface area contributed by atoms with Crippen LogP contribution < -0.4 is 40.5 Å². The maximum atomic E-state index is 14.1. The number of amides is 8. The summed E-state index contributed by atoms with van der Waals surface area (Å²) in [4.78, 5) is 123. The minimum Gasteiger partial charge on any atom is -0.493 e. The number of carboxylic acid groups (broad SMARTS) is 1. The molecular weight excluding hydrogens is 1320 g/mol. The summed E-state index contributed by atoms with van der Waals surface area (Å²) in [5.41, 5.74) is 5.17. The van der Waals surface area contributed by atoms with Gasteiger partial charge in [0, 0.05) is 96.1 Å². The molecule has 0 spiro atoms. The molecule has 546 valence electrons. The van der Waals surface area contributed by atoms with Gasteiger partial charge in [-0.2, -0.15) is 0 Å². The summed E-state index contributed by atoms with van der Waals surface area (Å²) in [6, 6.07) is 15.7. The molecule has 8 amide bonds. The van der Waals surface area contributed by atoms with Gasteiger partial charge in [-0.1, -0.05) is 25.3 Å². The number of aromatic nitrogens is 2. The van der Waals surface area contributed by atoms with E-state index in [0.29, 0.717) is 138 Å². The van der Waals surface area contributed by atoms with Crippen molar-refractivity contribution in [1.29, 1.82) is 0 Å². The molecule has 102 heavy (non-hydrogen) atoms. The first-order chi connectivity index (χ1) is 49.2. The van der Waals surface area contributed by atoms with Gasteiger partial charge in [-0.05, 0) is 163 Å². The van der Waals surface area contributed by atoms with E-state index in [2.05, 4.69) is 34.4 Å². The Morgan fingerprint density at radius 1 is 0.559 bits per heavy atom. The molecule has 4 unspecified atom stereocenters. The molecule has 5 aromatic rings. The van der Waals surface area contributed by atoms with E-state index in [0.717, 1.165) is 51.4 Å². The molecule has 6 atom stereocenters. The fraction of sp³-hybridized carbons (Fsp3) is 0.473. The molecule has 6 aliphatic heterocycles. The van der Waals surface area contributed by atoms with Crippen LogP contribution in [0.4, 0.5) is 43.7 Å². The lowest BCUT2D eigenvalue weighted by molar-refractivity contribution is -0.199. The molecule has 4 fully saturated rings. The minimum atomic E-state index is -1.09. The topological polar surface area (TPSA) is 319 Å². The van der Waals surface area contributed by atoms with Gasteiger partial charge in [0.2, 0.25) is 17.7 Å². The van der Waals surface area contributed by atoms with E-state index < -0.39 is 55.3 Å². The number of benzene rings is 3. The van der Waals surface area contributed by atoms with Gasteiger partial charge < -0.3 is 83.2 Å². The summed E-state index contributed by atoms with van der Waals surface area (Å²) in [5.74, 6) is -1.65. The van der Waals surface area contributed by atoms with E-state index >= 15 is 0 Å². The van der Waals surface area contributed by atoms with Crippen LogP contribution >= 0.6 is 0 Å². The highest BCUT2D eigenvalue weighted by Gasteiger charge is 2.49. The molecule has 2 aromatic heterocycles. The van der Waals surface area contributed by atoms with E-state index in [4.69, 9.17) is 37.9 Å². The third-order valence-electron chi connectivity index (χ3n) is 18.4. The summed E-state index contributed by atoms with van der Waals surface area (Å²) in [6.45, 7) is 14.9. The average Bonchev–Trinajstić information content (AvgIpc) is 1.60. The van der Waals surface area contributed by atoms with Gasteiger partial charge in [-0.25, -0.2) is 24.2 Å². The molecule has 0 aliphatic carbocycles. The molecule has 0 saturated carbocycles.